The van der Waals surface area contributed by atoms with Crippen molar-refractivity contribution in [1.29, 1.82) is 0 Å². The van der Waals surface area contributed by atoms with Gasteiger partial charge in [0.05, 0.1) is 0 Å². The van der Waals surface area contributed by atoms with Crippen LogP contribution in [0.25, 0.3) is 0 Å². The van der Waals surface area contributed by atoms with Crippen LogP contribution in [-0.4, -0.2) is 12.6 Å². The molecule has 1 saturated carbocycles. The first-order valence-electron chi connectivity index (χ1n) is 5.08. The second kappa shape index (κ2) is 4.66. The Hall–Kier alpha value is -0.300. The molecule has 0 aromatic heterocycles. The van der Waals surface area contributed by atoms with Gasteiger partial charge in [-0.3, -0.25) is 0 Å². The SMILES string of the molecule is C=C(C)CN[C@@H]1CCCC[C@@H]1C. The molecule has 1 rings (SSSR count). The first-order valence-corrected chi connectivity index (χ1v) is 5.08. The van der Waals surface area contributed by atoms with Crippen LogP contribution >= 0.6 is 0 Å². The third-order valence-electron chi connectivity index (χ3n) is 2.78. The van der Waals surface area contributed by atoms with E-state index in [2.05, 4.69) is 25.7 Å². The molecule has 70 valence electrons. The van der Waals surface area contributed by atoms with E-state index in [-0.39, 0.29) is 0 Å². The number of hydrogen-bond acceptors (Lipinski definition) is 1. The van der Waals surface area contributed by atoms with E-state index in [4.69, 9.17) is 0 Å². The normalized spacial score (nSPS) is 30.2. The number of nitrogens with one attached hydrogen (secondary N) is 1. The quantitative estimate of drug-likeness (QED) is 0.637. The van der Waals surface area contributed by atoms with E-state index in [1.54, 1.807) is 0 Å². The molecule has 0 unspecified atom stereocenters. The predicted molar refractivity (Wildman–Crippen MR) is 54.2 cm³/mol. The van der Waals surface area contributed by atoms with Crippen molar-refractivity contribution in [3.05, 3.63) is 12.2 Å². The Morgan fingerprint density at radius 3 is 2.67 bits per heavy atom. The maximum Gasteiger partial charge on any atom is 0.0161 e. The zero-order valence-corrected chi connectivity index (χ0v) is 8.40. The summed E-state index contributed by atoms with van der Waals surface area (Å²) >= 11 is 0. The molecule has 0 aliphatic heterocycles. The lowest BCUT2D eigenvalue weighted by Crippen LogP contribution is -2.37. The van der Waals surface area contributed by atoms with Crippen LogP contribution in [0.5, 0.6) is 0 Å². The van der Waals surface area contributed by atoms with Gasteiger partial charge in [-0.1, -0.05) is 31.9 Å². The van der Waals surface area contributed by atoms with Crippen molar-refractivity contribution in [2.45, 2.75) is 45.6 Å². The molecule has 0 amide bonds. The van der Waals surface area contributed by atoms with Crippen LogP contribution in [0.1, 0.15) is 39.5 Å². The molecule has 0 heterocycles. The summed E-state index contributed by atoms with van der Waals surface area (Å²) in [6.07, 6.45) is 5.58. The lowest BCUT2D eigenvalue weighted by molar-refractivity contribution is 0.287. The van der Waals surface area contributed by atoms with Gasteiger partial charge < -0.3 is 5.32 Å². The van der Waals surface area contributed by atoms with E-state index < -0.39 is 0 Å². The molecular weight excluding hydrogens is 146 g/mol. The molecule has 0 saturated heterocycles. The van der Waals surface area contributed by atoms with Gasteiger partial charge in [-0.15, -0.1) is 0 Å². The Morgan fingerprint density at radius 2 is 2.08 bits per heavy atom. The van der Waals surface area contributed by atoms with Crippen molar-refractivity contribution >= 4 is 0 Å². The van der Waals surface area contributed by atoms with Crippen molar-refractivity contribution < 1.29 is 0 Å². The van der Waals surface area contributed by atoms with Gasteiger partial charge in [-0.05, 0) is 25.7 Å². The fourth-order valence-corrected chi connectivity index (χ4v) is 1.92. The number of hydrogen-bond donors (Lipinski definition) is 1. The lowest BCUT2D eigenvalue weighted by Gasteiger charge is -2.29. The number of rotatable bonds is 3. The third kappa shape index (κ3) is 2.98. The van der Waals surface area contributed by atoms with Crippen LogP contribution < -0.4 is 5.32 Å². The predicted octanol–water partition coefficient (Wildman–Crippen LogP) is 2.73. The summed E-state index contributed by atoms with van der Waals surface area (Å²) in [4.78, 5) is 0. The molecule has 1 aliphatic rings. The van der Waals surface area contributed by atoms with Crippen molar-refractivity contribution in [2.24, 2.45) is 5.92 Å². The van der Waals surface area contributed by atoms with E-state index >= 15 is 0 Å². The Kier molecular flexibility index (Phi) is 3.80. The standard InChI is InChI=1S/C11H21N/c1-9(2)8-12-11-7-5-4-6-10(11)3/h10-12H,1,4-8H2,2-3H3/t10-,11+/m0/s1. The van der Waals surface area contributed by atoms with E-state index in [1.807, 2.05) is 0 Å². The maximum absolute atomic E-state index is 3.90. The fourth-order valence-electron chi connectivity index (χ4n) is 1.92. The molecular formula is C11H21N. The van der Waals surface area contributed by atoms with E-state index in [9.17, 15) is 0 Å². The fraction of sp³-hybridized carbons (Fsp3) is 0.818. The van der Waals surface area contributed by atoms with Gasteiger partial charge in [0.25, 0.3) is 0 Å². The summed E-state index contributed by atoms with van der Waals surface area (Å²) in [5.41, 5.74) is 1.24. The molecule has 0 radical (unpaired) electrons. The van der Waals surface area contributed by atoms with Gasteiger partial charge in [-0.2, -0.15) is 0 Å². The Morgan fingerprint density at radius 1 is 1.42 bits per heavy atom. The first kappa shape index (κ1) is 9.79. The summed E-state index contributed by atoms with van der Waals surface area (Å²) < 4.78 is 0. The Bertz CT molecular complexity index is 151. The van der Waals surface area contributed by atoms with Crippen LogP contribution in [0, 0.1) is 5.92 Å². The minimum absolute atomic E-state index is 0.746. The van der Waals surface area contributed by atoms with Gasteiger partial charge in [-0.25, -0.2) is 0 Å². The maximum atomic E-state index is 3.90. The van der Waals surface area contributed by atoms with E-state index in [0.717, 1.165) is 18.5 Å². The lowest BCUT2D eigenvalue weighted by atomic mass is 9.86. The summed E-state index contributed by atoms with van der Waals surface area (Å²) in [5, 5.41) is 3.57. The van der Waals surface area contributed by atoms with Gasteiger partial charge in [0, 0.05) is 12.6 Å². The Balaban J connectivity index is 2.24. The highest BCUT2D eigenvalue weighted by atomic mass is 14.9. The topological polar surface area (TPSA) is 12.0 Å². The van der Waals surface area contributed by atoms with E-state index in [1.165, 1.54) is 31.3 Å². The molecule has 1 N–H and O–H groups in total. The Labute approximate surface area is 76.2 Å². The molecule has 0 aromatic rings. The van der Waals surface area contributed by atoms with Crippen molar-refractivity contribution in [1.82, 2.24) is 5.32 Å². The second-order valence-corrected chi connectivity index (χ2v) is 4.21. The third-order valence-corrected chi connectivity index (χ3v) is 2.78. The van der Waals surface area contributed by atoms with Crippen LogP contribution in [-0.2, 0) is 0 Å². The largest absolute Gasteiger partial charge is 0.310 e. The molecule has 1 aliphatic carbocycles. The highest BCUT2D eigenvalue weighted by molar-refractivity contribution is 4.92. The van der Waals surface area contributed by atoms with Crippen molar-refractivity contribution in [3.8, 4) is 0 Å². The van der Waals surface area contributed by atoms with Crippen LogP contribution in [0.2, 0.25) is 0 Å². The molecule has 0 spiro atoms. The molecule has 2 atom stereocenters. The zero-order valence-electron chi connectivity index (χ0n) is 8.40. The molecule has 0 bridgehead atoms. The van der Waals surface area contributed by atoms with Crippen molar-refractivity contribution in [3.63, 3.8) is 0 Å². The molecule has 1 fully saturated rings. The van der Waals surface area contributed by atoms with Crippen molar-refractivity contribution in [2.75, 3.05) is 6.54 Å². The molecule has 0 aromatic carbocycles. The van der Waals surface area contributed by atoms with Crippen LogP contribution in [0.15, 0.2) is 12.2 Å². The highest BCUT2D eigenvalue weighted by Crippen LogP contribution is 2.23. The minimum Gasteiger partial charge on any atom is -0.310 e. The molecule has 1 heteroatoms. The first-order chi connectivity index (χ1) is 5.70. The smallest absolute Gasteiger partial charge is 0.0161 e. The molecule has 12 heavy (non-hydrogen) atoms. The second-order valence-electron chi connectivity index (χ2n) is 4.21. The van der Waals surface area contributed by atoms with Gasteiger partial charge in [0.2, 0.25) is 0 Å². The highest BCUT2D eigenvalue weighted by Gasteiger charge is 2.19. The summed E-state index contributed by atoms with van der Waals surface area (Å²) in [7, 11) is 0. The average molecular weight is 167 g/mol. The summed E-state index contributed by atoms with van der Waals surface area (Å²) in [6.45, 7) is 9.34. The molecule has 1 nitrogen and oxygen atoms in total. The van der Waals surface area contributed by atoms with Gasteiger partial charge >= 0.3 is 0 Å². The average Bonchev–Trinajstić information content (AvgIpc) is 2.03. The zero-order chi connectivity index (χ0) is 8.97. The van der Waals surface area contributed by atoms with Gasteiger partial charge in [0.1, 0.15) is 0 Å². The van der Waals surface area contributed by atoms with E-state index in [0.29, 0.717) is 0 Å². The van der Waals surface area contributed by atoms with Crippen LogP contribution in [0.4, 0.5) is 0 Å². The summed E-state index contributed by atoms with van der Waals surface area (Å²) in [5.74, 6) is 0.859. The minimum atomic E-state index is 0.746. The monoisotopic (exact) mass is 167 g/mol. The summed E-state index contributed by atoms with van der Waals surface area (Å²) in [6, 6.07) is 0.746. The van der Waals surface area contributed by atoms with Gasteiger partial charge in [0.15, 0.2) is 0 Å². The van der Waals surface area contributed by atoms with Crippen LogP contribution in [0.3, 0.4) is 0 Å².